The summed E-state index contributed by atoms with van der Waals surface area (Å²) in [7, 11) is 0. The van der Waals surface area contributed by atoms with Crippen LogP contribution in [0, 0.1) is 0 Å². The second-order valence-electron chi connectivity index (χ2n) is 2.44. The summed E-state index contributed by atoms with van der Waals surface area (Å²) in [6, 6.07) is 5.09. The number of carbonyl (C=O) groups excluding carboxylic acids is 1. The van der Waals surface area contributed by atoms with E-state index in [9.17, 15) is 9.59 Å². The molecule has 0 radical (unpaired) electrons. The molecule has 0 saturated heterocycles. The molecule has 1 N–H and O–H groups in total. The van der Waals surface area contributed by atoms with Gasteiger partial charge < -0.3 is 0 Å². The molecule has 2 rings (SSSR count). The molecule has 0 aromatic carbocycles. The Bertz CT molecular complexity index is 528. The average molecular weight is 199 g/mol. The molecule has 2 aromatic heterocycles. The fourth-order valence-corrected chi connectivity index (χ4v) is 1.20. The van der Waals surface area contributed by atoms with Crippen LogP contribution in [0.25, 0.3) is 5.65 Å². The number of aromatic nitrogens is 3. The normalized spacial score (nSPS) is 10.5. The van der Waals surface area contributed by atoms with E-state index in [2.05, 4.69) is 5.10 Å². The maximum absolute atomic E-state index is 11.4. The summed E-state index contributed by atoms with van der Waals surface area (Å²) >= 11 is 5.16. The van der Waals surface area contributed by atoms with Gasteiger partial charge in [-0.15, -0.1) is 4.40 Å². The summed E-state index contributed by atoms with van der Waals surface area (Å²) in [6.45, 7) is 0. The fraction of sp³-hybridized carbons (Fsp3) is 0. The van der Waals surface area contributed by atoms with Crippen molar-refractivity contribution in [2.45, 2.75) is 0 Å². The second-order valence-corrected chi connectivity index (χ2v) is 2.76. The van der Waals surface area contributed by atoms with E-state index in [-0.39, 0.29) is 0 Å². The molecule has 66 valence electrons. The topological polar surface area (TPSA) is 57.6 Å². The zero-order valence-electron chi connectivity index (χ0n) is 6.40. The first-order valence-electron chi connectivity index (χ1n) is 3.51. The summed E-state index contributed by atoms with van der Waals surface area (Å²) in [5.41, 5.74) is 0.0112. The van der Waals surface area contributed by atoms with Crippen molar-refractivity contribution in [2.24, 2.45) is 0 Å². The van der Waals surface area contributed by atoms with Gasteiger partial charge in [0.15, 0.2) is 0 Å². The molecule has 13 heavy (non-hydrogen) atoms. The summed E-state index contributed by atoms with van der Waals surface area (Å²) in [5, 5.41) is 1.70. The third-order valence-electron chi connectivity index (χ3n) is 1.66. The second kappa shape index (κ2) is 2.70. The Labute approximate surface area is 77.2 Å². The molecule has 0 atom stereocenters. The maximum atomic E-state index is 11.4. The molecule has 0 aliphatic carbocycles. The number of carbonyl (C=O) groups is 1. The average Bonchev–Trinajstić information content (AvgIpc) is 2.45. The standard InChI is InChI=1S/C7H4ClN3O2/c8-6(12)11-7(13)10-4-2-1-3-5(10)9-11/h1-4H/p+1. The summed E-state index contributed by atoms with van der Waals surface area (Å²) in [4.78, 5) is 22.1. The van der Waals surface area contributed by atoms with Crippen LogP contribution in [0.5, 0.6) is 0 Å². The van der Waals surface area contributed by atoms with Gasteiger partial charge in [-0.3, -0.25) is 4.79 Å². The first-order chi connectivity index (χ1) is 6.20. The number of rotatable bonds is 0. The van der Waals surface area contributed by atoms with E-state index in [1.54, 1.807) is 24.4 Å². The van der Waals surface area contributed by atoms with Gasteiger partial charge in [0.1, 0.15) is 6.20 Å². The first-order valence-corrected chi connectivity index (χ1v) is 3.89. The van der Waals surface area contributed by atoms with Crippen molar-refractivity contribution < 1.29 is 9.89 Å². The SMILES string of the molecule is O=C(Cl)n1[nH+]c2ccccn2c1=O. The monoisotopic (exact) mass is 198 g/mol. The predicted octanol–water partition coefficient (Wildman–Crippen LogP) is 0.122. The fourth-order valence-electron chi connectivity index (χ4n) is 1.09. The molecular weight excluding hydrogens is 194 g/mol. The number of nitrogens with zero attached hydrogens (tertiary/aromatic N) is 2. The van der Waals surface area contributed by atoms with E-state index in [4.69, 9.17) is 11.6 Å². The molecule has 0 bridgehead atoms. The van der Waals surface area contributed by atoms with Crippen LogP contribution in [0.15, 0.2) is 29.2 Å². The van der Waals surface area contributed by atoms with Gasteiger partial charge in [0.05, 0.1) is 0 Å². The van der Waals surface area contributed by atoms with Gasteiger partial charge in [-0.25, -0.2) is 4.79 Å². The molecule has 2 aromatic rings. The molecule has 0 amide bonds. The van der Waals surface area contributed by atoms with Gasteiger partial charge in [-0.05, 0) is 17.7 Å². The van der Waals surface area contributed by atoms with Crippen molar-refractivity contribution in [1.82, 2.24) is 9.08 Å². The molecule has 5 nitrogen and oxygen atoms in total. The Morgan fingerprint density at radius 3 is 2.85 bits per heavy atom. The van der Waals surface area contributed by atoms with Crippen LogP contribution >= 0.6 is 11.6 Å². The van der Waals surface area contributed by atoms with Gasteiger partial charge in [0.2, 0.25) is 0 Å². The number of halogens is 1. The highest BCUT2D eigenvalue weighted by Gasteiger charge is 2.16. The molecule has 0 spiro atoms. The Kier molecular flexibility index (Phi) is 1.66. The van der Waals surface area contributed by atoms with Crippen LogP contribution in [0.2, 0.25) is 0 Å². The first kappa shape index (κ1) is 8.00. The third kappa shape index (κ3) is 1.13. The lowest BCUT2D eigenvalue weighted by Gasteiger charge is -1.78. The molecule has 0 unspecified atom stereocenters. The van der Waals surface area contributed by atoms with Crippen molar-refractivity contribution in [3.63, 3.8) is 0 Å². The Morgan fingerprint density at radius 2 is 2.23 bits per heavy atom. The lowest BCUT2D eigenvalue weighted by molar-refractivity contribution is -0.445. The van der Waals surface area contributed by atoms with Gasteiger partial charge in [0, 0.05) is 6.07 Å². The van der Waals surface area contributed by atoms with E-state index in [1.165, 1.54) is 4.40 Å². The van der Waals surface area contributed by atoms with E-state index >= 15 is 0 Å². The van der Waals surface area contributed by atoms with E-state index in [0.717, 1.165) is 4.68 Å². The van der Waals surface area contributed by atoms with Crippen molar-refractivity contribution >= 4 is 22.6 Å². The summed E-state index contributed by atoms with van der Waals surface area (Å²) in [6.07, 6.45) is 1.55. The molecule has 6 heteroatoms. The number of fused-ring (bicyclic) bond motifs is 1. The number of hydrogen-bond donors (Lipinski definition) is 0. The zero-order valence-corrected chi connectivity index (χ0v) is 7.15. The van der Waals surface area contributed by atoms with Crippen LogP contribution in [-0.4, -0.2) is 14.4 Å². The van der Waals surface area contributed by atoms with Gasteiger partial charge in [-0.2, -0.15) is 5.10 Å². The number of hydrogen-bond acceptors (Lipinski definition) is 2. The molecule has 0 fully saturated rings. The molecule has 0 aliphatic heterocycles. The van der Waals surface area contributed by atoms with Gasteiger partial charge in [0.25, 0.3) is 0 Å². The lowest BCUT2D eigenvalue weighted by atomic mass is 10.5. The number of pyridine rings is 1. The number of H-pyrrole nitrogens is 1. The number of aromatic amines is 1. The quantitative estimate of drug-likeness (QED) is 0.565. The van der Waals surface area contributed by atoms with Crippen molar-refractivity contribution in [2.75, 3.05) is 0 Å². The predicted molar refractivity (Wildman–Crippen MR) is 44.9 cm³/mol. The highest BCUT2D eigenvalue weighted by Crippen LogP contribution is 1.91. The Balaban J connectivity index is 2.90. The van der Waals surface area contributed by atoms with Gasteiger partial charge >= 0.3 is 16.7 Å². The van der Waals surface area contributed by atoms with Crippen molar-refractivity contribution in [3.8, 4) is 0 Å². The zero-order chi connectivity index (χ0) is 9.42. The van der Waals surface area contributed by atoms with E-state index in [0.29, 0.717) is 5.65 Å². The highest BCUT2D eigenvalue weighted by molar-refractivity contribution is 6.63. The number of nitrogens with one attached hydrogen (secondary N) is 1. The maximum Gasteiger partial charge on any atom is 0.460 e. The molecule has 2 heterocycles. The van der Waals surface area contributed by atoms with Crippen molar-refractivity contribution in [3.05, 3.63) is 34.9 Å². The Hall–Kier alpha value is -1.62. The summed E-state index contributed by atoms with van der Waals surface area (Å²) < 4.78 is 2.02. The van der Waals surface area contributed by atoms with Crippen LogP contribution in [0.1, 0.15) is 0 Å². The minimum atomic E-state index is -0.853. The lowest BCUT2D eigenvalue weighted by Crippen LogP contribution is -2.31. The van der Waals surface area contributed by atoms with Crippen LogP contribution in [0.4, 0.5) is 4.79 Å². The molecular formula is C7H5ClN3O2+. The minimum absolute atomic E-state index is 0.504. The van der Waals surface area contributed by atoms with Crippen LogP contribution in [0.3, 0.4) is 0 Å². The van der Waals surface area contributed by atoms with E-state index in [1.807, 2.05) is 0 Å². The van der Waals surface area contributed by atoms with Crippen LogP contribution < -0.4 is 10.8 Å². The summed E-state index contributed by atoms with van der Waals surface area (Å²) in [5.74, 6) is 0. The molecule has 0 aliphatic rings. The largest absolute Gasteiger partial charge is 0.460 e. The van der Waals surface area contributed by atoms with Crippen LogP contribution in [-0.2, 0) is 0 Å². The third-order valence-corrected chi connectivity index (χ3v) is 1.83. The smallest absolute Gasteiger partial charge is 0.251 e. The Morgan fingerprint density at radius 1 is 1.46 bits per heavy atom. The minimum Gasteiger partial charge on any atom is -0.251 e. The van der Waals surface area contributed by atoms with Gasteiger partial charge in [-0.1, -0.05) is 10.7 Å². The molecule has 0 saturated carbocycles. The van der Waals surface area contributed by atoms with Crippen molar-refractivity contribution in [1.29, 1.82) is 0 Å². The highest BCUT2D eigenvalue weighted by atomic mass is 35.5. The van der Waals surface area contributed by atoms with E-state index < -0.39 is 11.1 Å².